The molecule has 0 saturated carbocycles. The Labute approximate surface area is 168 Å². The number of likely N-dealkylation sites (tertiary alicyclic amines) is 1. The van der Waals surface area contributed by atoms with Crippen LogP contribution >= 0.6 is 0 Å². The molecule has 29 heavy (non-hydrogen) atoms. The van der Waals surface area contributed by atoms with Crippen LogP contribution in [0.25, 0.3) is 0 Å². The number of nitrogens with zero attached hydrogens (tertiary/aromatic N) is 2. The minimum absolute atomic E-state index is 0.0696. The Hall–Kier alpha value is -3.29. The molecule has 1 saturated heterocycles. The van der Waals surface area contributed by atoms with Crippen LogP contribution in [0.4, 0.5) is 10.1 Å². The molecule has 2 heterocycles. The first-order valence-electron chi connectivity index (χ1n) is 9.53. The van der Waals surface area contributed by atoms with Gasteiger partial charge in [0.2, 0.25) is 11.8 Å². The van der Waals surface area contributed by atoms with Crippen molar-refractivity contribution < 1.29 is 18.8 Å². The SMILES string of the molecule is CC(C(=O)Nc1cc(F)cc(C(=O)NCCc2ccccn2)c1)N1CCCC1=O. The van der Waals surface area contributed by atoms with E-state index in [0.29, 0.717) is 25.9 Å². The van der Waals surface area contributed by atoms with E-state index in [1.54, 1.807) is 13.1 Å². The number of pyridine rings is 1. The van der Waals surface area contributed by atoms with Crippen LogP contribution in [-0.4, -0.2) is 46.7 Å². The molecular formula is C21H23FN4O3. The summed E-state index contributed by atoms with van der Waals surface area (Å²) in [6, 6.07) is 8.53. The molecule has 8 heteroatoms. The predicted octanol–water partition coefficient (Wildman–Crippen LogP) is 2.14. The van der Waals surface area contributed by atoms with Crippen LogP contribution in [0, 0.1) is 5.82 Å². The van der Waals surface area contributed by atoms with Gasteiger partial charge in [-0.05, 0) is 43.7 Å². The second-order valence-corrected chi connectivity index (χ2v) is 6.91. The Morgan fingerprint density at radius 1 is 1.28 bits per heavy atom. The van der Waals surface area contributed by atoms with Crippen molar-refractivity contribution in [3.63, 3.8) is 0 Å². The maximum atomic E-state index is 14.0. The third-order valence-corrected chi connectivity index (χ3v) is 4.78. The third kappa shape index (κ3) is 5.37. The first kappa shape index (κ1) is 20.4. The van der Waals surface area contributed by atoms with Crippen molar-refractivity contribution in [1.82, 2.24) is 15.2 Å². The summed E-state index contributed by atoms with van der Waals surface area (Å²) >= 11 is 0. The number of carbonyl (C=O) groups excluding carboxylic acids is 3. The molecule has 2 N–H and O–H groups in total. The molecule has 0 radical (unpaired) electrons. The first-order valence-corrected chi connectivity index (χ1v) is 9.53. The summed E-state index contributed by atoms with van der Waals surface area (Å²) in [4.78, 5) is 42.3. The predicted molar refractivity (Wildman–Crippen MR) is 106 cm³/mol. The summed E-state index contributed by atoms with van der Waals surface area (Å²) < 4.78 is 14.0. The second-order valence-electron chi connectivity index (χ2n) is 6.91. The molecule has 1 aliphatic rings. The molecule has 2 aromatic rings. The van der Waals surface area contributed by atoms with E-state index in [9.17, 15) is 18.8 Å². The van der Waals surface area contributed by atoms with Crippen molar-refractivity contribution in [2.24, 2.45) is 0 Å². The summed E-state index contributed by atoms with van der Waals surface area (Å²) in [5.41, 5.74) is 1.11. The molecular weight excluding hydrogens is 375 g/mol. The van der Waals surface area contributed by atoms with Gasteiger partial charge in [-0.15, -0.1) is 0 Å². The Morgan fingerprint density at radius 2 is 2.10 bits per heavy atom. The molecule has 3 rings (SSSR count). The van der Waals surface area contributed by atoms with Crippen LogP contribution in [0.2, 0.25) is 0 Å². The van der Waals surface area contributed by atoms with Crippen LogP contribution in [-0.2, 0) is 16.0 Å². The Morgan fingerprint density at radius 3 is 2.79 bits per heavy atom. The van der Waals surface area contributed by atoms with E-state index in [4.69, 9.17) is 0 Å². The fourth-order valence-corrected chi connectivity index (χ4v) is 3.21. The average Bonchev–Trinajstić information content (AvgIpc) is 3.13. The van der Waals surface area contributed by atoms with E-state index in [-0.39, 0.29) is 17.2 Å². The molecule has 1 fully saturated rings. The van der Waals surface area contributed by atoms with Crippen molar-refractivity contribution in [2.75, 3.05) is 18.4 Å². The van der Waals surface area contributed by atoms with E-state index in [0.717, 1.165) is 24.2 Å². The lowest BCUT2D eigenvalue weighted by atomic mass is 10.1. The van der Waals surface area contributed by atoms with E-state index in [2.05, 4.69) is 15.6 Å². The number of hydrogen-bond acceptors (Lipinski definition) is 4. The largest absolute Gasteiger partial charge is 0.352 e. The number of nitrogens with one attached hydrogen (secondary N) is 2. The van der Waals surface area contributed by atoms with Gasteiger partial charge in [-0.25, -0.2) is 4.39 Å². The molecule has 0 bridgehead atoms. The standard InChI is InChI=1S/C21H23FN4O3/c1-14(26-10-4-6-19(26)27)20(28)25-18-12-15(11-16(22)13-18)21(29)24-9-7-17-5-2-3-8-23-17/h2-3,5,8,11-14H,4,6-7,9-10H2,1H3,(H,24,29)(H,25,28). The van der Waals surface area contributed by atoms with Crippen LogP contribution < -0.4 is 10.6 Å². The van der Waals surface area contributed by atoms with Gasteiger partial charge in [-0.2, -0.15) is 0 Å². The van der Waals surface area contributed by atoms with Crippen LogP contribution in [0.3, 0.4) is 0 Å². The van der Waals surface area contributed by atoms with Crippen LogP contribution in [0.15, 0.2) is 42.6 Å². The Balaban J connectivity index is 1.60. The molecule has 1 aliphatic heterocycles. The van der Waals surface area contributed by atoms with Gasteiger partial charge in [0.05, 0.1) is 0 Å². The van der Waals surface area contributed by atoms with Gasteiger partial charge in [0, 0.05) is 49.1 Å². The highest BCUT2D eigenvalue weighted by atomic mass is 19.1. The molecule has 0 aliphatic carbocycles. The molecule has 1 unspecified atom stereocenters. The number of carbonyl (C=O) groups is 3. The van der Waals surface area contributed by atoms with E-state index in [1.165, 1.54) is 11.0 Å². The third-order valence-electron chi connectivity index (χ3n) is 4.78. The zero-order chi connectivity index (χ0) is 20.8. The highest BCUT2D eigenvalue weighted by molar-refractivity contribution is 5.99. The summed E-state index contributed by atoms with van der Waals surface area (Å²) in [5, 5.41) is 5.31. The number of halogens is 1. The molecule has 1 aromatic carbocycles. The number of amides is 3. The molecule has 152 valence electrons. The fraction of sp³-hybridized carbons (Fsp3) is 0.333. The van der Waals surface area contributed by atoms with Crippen LogP contribution in [0.5, 0.6) is 0 Å². The van der Waals surface area contributed by atoms with Gasteiger partial charge >= 0.3 is 0 Å². The Kier molecular flexibility index (Phi) is 6.54. The zero-order valence-corrected chi connectivity index (χ0v) is 16.2. The molecule has 3 amide bonds. The number of rotatable bonds is 7. The van der Waals surface area contributed by atoms with Crippen molar-refractivity contribution in [3.8, 4) is 0 Å². The number of benzene rings is 1. The van der Waals surface area contributed by atoms with E-state index < -0.39 is 23.7 Å². The zero-order valence-electron chi connectivity index (χ0n) is 16.2. The Bertz CT molecular complexity index is 904. The van der Waals surface area contributed by atoms with Gasteiger partial charge in [-0.1, -0.05) is 6.07 Å². The normalized spacial score (nSPS) is 14.6. The first-order chi connectivity index (χ1) is 13.9. The summed E-state index contributed by atoms with van der Waals surface area (Å²) in [7, 11) is 0. The fourth-order valence-electron chi connectivity index (χ4n) is 3.21. The van der Waals surface area contributed by atoms with Crippen LogP contribution in [0.1, 0.15) is 35.8 Å². The monoisotopic (exact) mass is 398 g/mol. The van der Waals surface area contributed by atoms with Gasteiger partial charge in [0.25, 0.3) is 5.91 Å². The lowest BCUT2D eigenvalue weighted by Crippen LogP contribution is -2.42. The molecule has 1 aromatic heterocycles. The number of anilines is 1. The average molecular weight is 398 g/mol. The summed E-state index contributed by atoms with van der Waals surface area (Å²) in [6.07, 6.45) is 3.38. The molecule has 1 atom stereocenters. The van der Waals surface area contributed by atoms with Gasteiger partial charge < -0.3 is 15.5 Å². The van der Waals surface area contributed by atoms with Crippen molar-refractivity contribution in [2.45, 2.75) is 32.2 Å². The lowest BCUT2D eigenvalue weighted by Gasteiger charge is -2.23. The van der Waals surface area contributed by atoms with Gasteiger partial charge in [0.15, 0.2) is 0 Å². The van der Waals surface area contributed by atoms with Crippen molar-refractivity contribution in [3.05, 3.63) is 59.7 Å². The second kappa shape index (κ2) is 9.27. The minimum atomic E-state index is -0.663. The summed E-state index contributed by atoms with van der Waals surface area (Å²) in [6.45, 7) is 2.51. The molecule has 7 nitrogen and oxygen atoms in total. The van der Waals surface area contributed by atoms with E-state index in [1.807, 2.05) is 18.2 Å². The lowest BCUT2D eigenvalue weighted by molar-refractivity contribution is -0.134. The number of hydrogen-bond donors (Lipinski definition) is 2. The highest BCUT2D eigenvalue weighted by Crippen LogP contribution is 2.18. The maximum Gasteiger partial charge on any atom is 0.251 e. The maximum absolute atomic E-state index is 14.0. The molecule has 0 spiro atoms. The number of aromatic nitrogens is 1. The van der Waals surface area contributed by atoms with Gasteiger partial charge in [-0.3, -0.25) is 19.4 Å². The topological polar surface area (TPSA) is 91.4 Å². The van der Waals surface area contributed by atoms with Crippen molar-refractivity contribution >= 4 is 23.4 Å². The van der Waals surface area contributed by atoms with Crippen molar-refractivity contribution in [1.29, 1.82) is 0 Å². The summed E-state index contributed by atoms with van der Waals surface area (Å²) in [5.74, 6) is -1.58. The minimum Gasteiger partial charge on any atom is -0.352 e. The smallest absolute Gasteiger partial charge is 0.251 e. The highest BCUT2D eigenvalue weighted by Gasteiger charge is 2.29. The quantitative estimate of drug-likeness (QED) is 0.748. The van der Waals surface area contributed by atoms with E-state index >= 15 is 0 Å². The van der Waals surface area contributed by atoms with Gasteiger partial charge in [0.1, 0.15) is 11.9 Å².